The molecule has 0 spiro atoms. The monoisotopic (exact) mass is 322 g/mol. The summed E-state index contributed by atoms with van der Waals surface area (Å²) >= 11 is 3.37. The number of anilines is 1. The molecule has 0 amide bonds. The van der Waals surface area contributed by atoms with E-state index >= 15 is 0 Å². The summed E-state index contributed by atoms with van der Waals surface area (Å²) in [6, 6.07) is 3.94. The van der Waals surface area contributed by atoms with Crippen molar-refractivity contribution in [1.82, 2.24) is 15.3 Å². The maximum absolute atomic E-state index is 5.55. The van der Waals surface area contributed by atoms with E-state index in [2.05, 4.69) is 36.5 Å². The van der Waals surface area contributed by atoms with Crippen molar-refractivity contribution in [2.75, 3.05) is 11.9 Å². The number of hydrogen-bond donors (Lipinski definition) is 2. The van der Waals surface area contributed by atoms with Crippen LogP contribution in [0, 0.1) is 6.92 Å². The highest BCUT2D eigenvalue weighted by atomic mass is 79.9. The van der Waals surface area contributed by atoms with Crippen molar-refractivity contribution >= 4 is 21.7 Å². The molecule has 0 saturated heterocycles. The van der Waals surface area contributed by atoms with E-state index in [0.717, 1.165) is 48.1 Å². The van der Waals surface area contributed by atoms with Gasteiger partial charge in [0.2, 0.25) is 0 Å². The third kappa shape index (κ3) is 2.79. The molecule has 0 unspecified atom stereocenters. The number of aryl methyl sites for hydroxylation is 1. The lowest BCUT2D eigenvalue weighted by Gasteiger charge is -2.19. The summed E-state index contributed by atoms with van der Waals surface area (Å²) in [7, 11) is 0. The second-order valence-electron chi connectivity index (χ2n) is 4.56. The molecule has 2 aromatic rings. The van der Waals surface area contributed by atoms with Crippen molar-refractivity contribution < 1.29 is 4.42 Å². The van der Waals surface area contributed by atoms with E-state index in [0.29, 0.717) is 11.3 Å². The second-order valence-corrected chi connectivity index (χ2v) is 5.27. The Morgan fingerprint density at radius 1 is 1.42 bits per heavy atom. The van der Waals surface area contributed by atoms with Gasteiger partial charge in [0.1, 0.15) is 17.3 Å². The van der Waals surface area contributed by atoms with Gasteiger partial charge in [0, 0.05) is 25.1 Å². The van der Waals surface area contributed by atoms with Gasteiger partial charge < -0.3 is 15.1 Å². The normalized spacial score (nSPS) is 14.2. The van der Waals surface area contributed by atoms with Crippen molar-refractivity contribution in [3.05, 3.63) is 39.6 Å². The van der Waals surface area contributed by atoms with Crippen LogP contribution in [-0.2, 0) is 19.5 Å². The summed E-state index contributed by atoms with van der Waals surface area (Å²) in [4.78, 5) is 8.86. The van der Waals surface area contributed by atoms with Crippen molar-refractivity contribution in [3.8, 4) is 0 Å². The lowest BCUT2D eigenvalue weighted by Crippen LogP contribution is -2.26. The molecule has 0 atom stereocenters. The maximum atomic E-state index is 5.55. The first-order valence-electron chi connectivity index (χ1n) is 6.27. The van der Waals surface area contributed by atoms with Crippen molar-refractivity contribution in [1.29, 1.82) is 0 Å². The lowest BCUT2D eigenvalue weighted by atomic mass is 10.1. The van der Waals surface area contributed by atoms with E-state index in [1.807, 2.05) is 19.1 Å². The molecule has 1 aliphatic heterocycles. The standard InChI is InChI=1S/C13H15BrN4O/c1-8-2-3-9(19-8)6-16-12-10-7-15-5-4-11(10)17-13(14)18-12/h2-3,15H,4-7H2,1H3,(H,16,17,18). The molecular formula is C13H15BrN4O. The largest absolute Gasteiger partial charge is 0.465 e. The smallest absolute Gasteiger partial charge is 0.198 e. The van der Waals surface area contributed by atoms with Gasteiger partial charge >= 0.3 is 0 Å². The minimum atomic E-state index is 0.629. The van der Waals surface area contributed by atoms with Gasteiger partial charge in [0.25, 0.3) is 0 Å². The van der Waals surface area contributed by atoms with Crippen molar-refractivity contribution in [3.63, 3.8) is 0 Å². The first-order valence-corrected chi connectivity index (χ1v) is 7.07. The summed E-state index contributed by atoms with van der Waals surface area (Å²) in [6.07, 6.45) is 0.936. The number of fused-ring (bicyclic) bond motifs is 1. The van der Waals surface area contributed by atoms with Gasteiger partial charge in [-0.3, -0.25) is 0 Å². The second kappa shape index (κ2) is 5.30. The highest BCUT2D eigenvalue weighted by Crippen LogP contribution is 2.22. The maximum Gasteiger partial charge on any atom is 0.198 e. The highest BCUT2D eigenvalue weighted by Gasteiger charge is 2.16. The van der Waals surface area contributed by atoms with Crippen LogP contribution in [0.4, 0.5) is 5.82 Å². The quantitative estimate of drug-likeness (QED) is 0.849. The van der Waals surface area contributed by atoms with Crippen LogP contribution in [0.25, 0.3) is 0 Å². The Bertz CT molecular complexity index is 596. The van der Waals surface area contributed by atoms with E-state index in [1.54, 1.807) is 0 Å². The fraction of sp³-hybridized carbons (Fsp3) is 0.385. The third-order valence-corrected chi connectivity index (χ3v) is 3.49. The first kappa shape index (κ1) is 12.6. The fourth-order valence-electron chi connectivity index (χ4n) is 2.21. The molecule has 0 radical (unpaired) electrons. The third-order valence-electron chi connectivity index (χ3n) is 3.13. The van der Waals surface area contributed by atoms with Crippen LogP contribution in [-0.4, -0.2) is 16.5 Å². The average Bonchev–Trinajstić information content (AvgIpc) is 2.81. The Morgan fingerprint density at radius 2 is 2.32 bits per heavy atom. The zero-order valence-corrected chi connectivity index (χ0v) is 12.2. The highest BCUT2D eigenvalue weighted by molar-refractivity contribution is 9.10. The predicted molar refractivity (Wildman–Crippen MR) is 75.9 cm³/mol. The Morgan fingerprint density at radius 3 is 3.11 bits per heavy atom. The van der Waals surface area contributed by atoms with Gasteiger partial charge in [-0.2, -0.15) is 0 Å². The van der Waals surface area contributed by atoms with E-state index in [-0.39, 0.29) is 0 Å². The topological polar surface area (TPSA) is 63.0 Å². The molecule has 5 nitrogen and oxygen atoms in total. The fourth-order valence-corrected chi connectivity index (χ4v) is 2.60. The number of hydrogen-bond acceptors (Lipinski definition) is 5. The van der Waals surface area contributed by atoms with Crippen LogP contribution in [0.1, 0.15) is 22.8 Å². The van der Waals surface area contributed by atoms with Gasteiger partial charge in [-0.15, -0.1) is 0 Å². The number of halogens is 1. The zero-order valence-electron chi connectivity index (χ0n) is 10.7. The van der Waals surface area contributed by atoms with Crippen LogP contribution < -0.4 is 10.6 Å². The molecule has 3 rings (SSSR count). The molecule has 0 aliphatic carbocycles. The molecule has 1 aliphatic rings. The molecule has 19 heavy (non-hydrogen) atoms. The van der Waals surface area contributed by atoms with Gasteiger partial charge in [0.15, 0.2) is 4.73 Å². The van der Waals surface area contributed by atoms with Crippen LogP contribution in [0.5, 0.6) is 0 Å². The van der Waals surface area contributed by atoms with Gasteiger partial charge in [-0.25, -0.2) is 9.97 Å². The summed E-state index contributed by atoms with van der Waals surface area (Å²) in [6.45, 7) is 4.34. The zero-order chi connectivity index (χ0) is 13.2. The molecule has 0 saturated carbocycles. The SMILES string of the molecule is Cc1ccc(CNc2nc(Br)nc3c2CNCC3)o1. The Kier molecular flexibility index (Phi) is 3.52. The minimum Gasteiger partial charge on any atom is -0.465 e. The van der Waals surface area contributed by atoms with E-state index in [1.165, 1.54) is 0 Å². The van der Waals surface area contributed by atoms with E-state index in [9.17, 15) is 0 Å². The molecular weight excluding hydrogens is 308 g/mol. The molecule has 0 fully saturated rings. The lowest BCUT2D eigenvalue weighted by molar-refractivity contribution is 0.490. The van der Waals surface area contributed by atoms with E-state index < -0.39 is 0 Å². The number of aromatic nitrogens is 2. The van der Waals surface area contributed by atoms with Gasteiger partial charge in [0.05, 0.1) is 12.2 Å². The number of rotatable bonds is 3. The van der Waals surface area contributed by atoms with Crippen LogP contribution >= 0.6 is 15.9 Å². The first-order chi connectivity index (χ1) is 9.22. The molecule has 0 aromatic carbocycles. The van der Waals surface area contributed by atoms with Crippen LogP contribution in [0.15, 0.2) is 21.3 Å². The number of nitrogens with one attached hydrogen (secondary N) is 2. The minimum absolute atomic E-state index is 0.629. The predicted octanol–water partition coefficient (Wildman–Crippen LogP) is 2.40. The molecule has 0 bridgehead atoms. The Labute approximate surface area is 120 Å². The van der Waals surface area contributed by atoms with Crippen LogP contribution in [0.3, 0.4) is 0 Å². The van der Waals surface area contributed by atoms with Gasteiger partial charge in [-0.05, 0) is 35.0 Å². The Hall–Kier alpha value is -1.40. The molecule has 6 heteroatoms. The molecule has 3 heterocycles. The molecule has 100 valence electrons. The summed E-state index contributed by atoms with van der Waals surface area (Å²) in [5.41, 5.74) is 2.26. The Balaban J connectivity index is 1.82. The van der Waals surface area contributed by atoms with E-state index in [4.69, 9.17) is 4.42 Å². The van der Waals surface area contributed by atoms with Crippen molar-refractivity contribution in [2.24, 2.45) is 0 Å². The number of nitrogens with zero attached hydrogens (tertiary/aromatic N) is 2. The summed E-state index contributed by atoms with van der Waals surface area (Å²) < 4.78 is 6.18. The van der Waals surface area contributed by atoms with Crippen molar-refractivity contribution in [2.45, 2.75) is 26.4 Å². The summed E-state index contributed by atoms with van der Waals surface area (Å²) in [5.74, 6) is 2.70. The summed E-state index contributed by atoms with van der Waals surface area (Å²) in [5, 5.41) is 6.67. The average molecular weight is 323 g/mol. The number of furan rings is 1. The van der Waals surface area contributed by atoms with Crippen LogP contribution in [0.2, 0.25) is 0 Å². The van der Waals surface area contributed by atoms with Gasteiger partial charge in [-0.1, -0.05) is 0 Å². The molecule has 2 N–H and O–H groups in total. The molecule has 2 aromatic heterocycles.